The third-order valence-electron chi connectivity index (χ3n) is 3.78. The zero-order valence-electron chi connectivity index (χ0n) is 12.6. The molecule has 0 spiro atoms. The summed E-state index contributed by atoms with van der Waals surface area (Å²) in [5, 5.41) is 15.5. The zero-order valence-corrected chi connectivity index (χ0v) is 13.4. The molecule has 108 valence electrons. The Morgan fingerprint density at radius 3 is 2.81 bits per heavy atom. The number of aromatic nitrogens is 2. The summed E-state index contributed by atoms with van der Waals surface area (Å²) in [6.45, 7) is 4.12. The smallest absolute Gasteiger partial charge is 0.0679 e. The quantitative estimate of drug-likeness (QED) is 0.794. The van der Waals surface area contributed by atoms with E-state index in [1.807, 2.05) is 14.0 Å². The average molecular weight is 297 g/mol. The number of thiophene rings is 1. The molecule has 0 bridgehead atoms. The maximum absolute atomic E-state index is 4.37. The van der Waals surface area contributed by atoms with E-state index in [1.165, 1.54) is 21.2 Å². The normalized spacial score (nSPS) is 12.7. The van der Waals surface area contributed by atoms with Gasteiger partial charge >= 0.3 is 0 Å². The van der Waals surface area contributed by atoms with Crippen molar-refractivity contribution in [1.82, 2.24) is 15.5 Å². The first-order chi connectivity index (χ1) is 10.2. The average Bonchev–Trinajstić information content (AvgIpc) is 2.97. The van der Waals surface area contributed by atoms with Crippen LogP contribution in [0.2, 0.25) is 0 Å². The Hall–Kier alpha value is -1.78. The van der Waals surface area contributed by atoms with E-state index in [1.54, 1.807) is 11.3 Å². The molecular weight excluding hydrogens is 278 g/mol. The summed E-state index contributed by atoms with van der Waals surface area (Å²) in [4.78, 5) is 0. The highest BCUT2D eigenvalue weighted by Gasteiger charge is 2.19. The van der Waals surface area contributed by atoms with Crippen LogP contribution in [-0.2, 0) is 6.42 Å². The van der Waals surface area contributed by atoms with E-state index in [2.05, 4.69) is 58.1 Å². The molecule has 0 fully saturated rings. The van der Waals surface area contributed by atoms with Gasteiger partial charge in [-0.25, -0.2) is 0 Å². The Bertz CT molecular complexity index is 764. The van der Waals surface area contributed by atoms with Crippen LogP contribution < -0.4 is 5.32 Å². The third-order valence-corrected chi connectivity index (χ3v) is 4.76. The fourth-order valence-corrected chi connectivity index (χ4v) is 3.73. The summed E-state index contributed by atoms with van der Waals surface area (Å²) < 4.78 is 1.34. The summed E-state index contributed by atoms with van der Waals surface area (Å²) in [7, 11) is 2.01. The number of nitrogens with one attached hydrogen (secondary N) is 1. The molecule has 1 N–H and O–H groups in total. The van der Waals surface area contributed by atoms with Crippen LogP contribution in [0.5, 0.6) is 0 Å². The van der Waals surface area contributed by atoms with Gasteiger partial charge in [-0.2, -0.15) is 10.2 Å². The van der Waals surface area contributed by atoms with Gasteiger partial charge in [-0.15, -0.1) is 11.3 Å². The minimum atomic E-state index is 0.150. The summed E-state index contributed by atoms with van der Waals surface area (Å²) in [5.74, 6) is 0. The molecule has 1 atom stereocenters. The summed E-state index contributed by atoms with van der Waals surface area (Å²) in [6, 6.07) is 11.0. The van der Waals surface area contributed by atoms with Crippen molar-refractivity contribution in [3.8, 4) is 0 Å². The molecule has 0 saturated heterocycles. The van der Waals surface area contributed by atoms with Crippen molar-refractivity contribution in [2.24, 2.45) is 0 Å². The van der Waals surface area contributed by atoms with E-state index in [-0.39, 0.29) is 6.04 Å². The standard InChI is InChI=1S/C17H19N3S/c1-4-15-14(10-11(2)19-20-15)16(18-3)13-7-5-6-12-8-9-21-17(12)13/h5-10,16,18H,4H2,1-3H3. The molecule has 0 aliphatic carbocycles. The van der Waals surface area contributed by atoms with Crippen LogP contribution in [0.1, 0.15) is 35.5 Å². The van der Waals surface area contributed by atoms with Crippen molar-refractivity contribution in [3.63, 3.8) is 0 Å². The van der Waals surface area contributed by atoms with Crippen LogP contribution in [-0.4, -0.2) is 17.2 Å². The first-order valence-electron chi connectivity index (χ1n) is 7.21. The maximum Gasteiger partial charge on any atom is 0.0679 e. The van der Waals surface area contributed by atoms with E-state index < -0.39 is 0 Å². The highest BCUT2D eigenvalue weighted by Crippen LogP contribution is 2.33. The summed E-state index contributed by atoms with van der Waals surface area (Å²) >= 11 is 1.79. The second-order valence-electron chi connectivity index (χ2n) is 5.15. The van der Waals surface area contributed by atoms with E-state index in [0.29, 0.717) is 0 Å². The monoisotopic (exact) mass is 297 g/mol. The van der Waals surface area contributed by atoms with Gasteiger partial charge in [0.15, 0.2) is 0 Å². The molecule has 3 aromatic rings. The zero-order chi connectivity index (χ0) is 14.8. The lowest BCUT2D eigenvalue weighted by Crippen LogP contribution is -2.20. The largest absolute Gasteiger partial charge is 0.309 e. The Morgan fingerprint density at radius 1 is 1.19 bits per heavy atom. The molecular formula is C17H19N3S. The molecule has 0 saturated carbocycles. The predicted molar refractivity (Wildman–Crippen MR) is 88.9 cm³/mol. The molecule has 1 unspecified atom stereocenters. The fourth-order valence-electron chi connectivity index (χ4n) is 2.78. The van der Waals surface area contributed by atoms with Gasteiger partial charge in [0.05, 0.1) is 17.4 Å². The first kappa shape index (κ1) is 14.2. The van der Waals surface area contributed by atoms with Crippen molar-refractivity contribution >= 4 is 21.4 Å². The number of aryl methyl sites for hydroxylation is 2. The van der Waals surface area contributed by atoms with E-state index in [0.717, 1.165) is 17.8 Å². The van der Waals surface area contributed by atoms with Crippen LogP contribution in [0.3, 0.4) is 0 Å². The number of nitrogens with zero attached hydrogens (tertiary/aromatic N) is 2. The van der Waals surface area contributed by atoms with Gasteiger partial charge in [-0.3, -0.25) is 0 Å². The van der Waals surface area contributed by atoms with E-state index >= 15 is 0 Å². The number of hydrogen-bond donors (Lipinski definition) is 1. The lowest BCUT2D eigenvalue weighted by molar-refractivity contribution is 0.674. The van der Waals surface area contributed by atoms with Gasteiger partial charge in [0.25, 0.3) is 0 Å². The van der Waals surface area contributed by atoms with Crippen molar-refractivity contribution < 1.29 is 0 Å². The fraction of sp³-hybridized carbons (Fsp3) is 0.294. The number of fused-ring (bicyclic) bond motifs is 1. The lowest BCUT2D eigenvalue weighted by atomic mass is 9.95. The molecule has 2 aromatic heterocycles. The summed E-state index contributed by atoms with van der Waals surface area (Å²) in [6.07, 6.45) is 0.890. The highest BCUT2D eigenvalue weighted by molar-refractivity contribution is 7.17. The molecule has 0 amide bonds. The Balaban J connectivity index is 2.19. The Kier molecular flexibility index (Phi) is 3.99. The molecule has 3 nitrogen and oxygen atoms in total. The van der Waals surface area contributed by atoms with Gasteiger partial charge in [0, 0.05) is 4.70 Å². The van der Waals surface area contributed by atoms with Crippen LogP contribution >= 0.6 is 11.3 Å². The highest BCUT2D eigenvalue weighted by atomic mass is 32.1. The van der Waals surface area contributed by atoms with Gasteiger partial charge in [-0.1, -0.05) is 25.1 Å². The van der Waals surface area contributed by atoms with Crippen LogP contribution in [0.15, 0.2) is 35.7 Å². The van der Waals surface area contributed by atoms with E-state index in [9.17, 15) is 0 Å². The van der Waals surface area contributed by atoms with Gasteiger partial charge in [0.2, 0.25) is 0 Å². The molecule has 21 heavy (non-hydrogen) atoms. The van der Waals surface area contributed by atoms with Crippen molar-refractivity contribution in [1.29, 1.82) is 0 Å². The Morgan fingerprint density at radius 2 is 2.05 bits per heavy atom. The minimum Gasteiger partial charge on any atom is -0.309 e. The predicted octanol–water partition coefficient (Wildman–Crippen LogP) is 3.87. The van der Waals surface area contributed by atoms with Crippen LogP contribution in [0.4, 0.5) is 0 Å². The SMILES string of the molecule is CCc1nnc(C)cc1C(NC)c1cccc2ccsc12. The third kappa shape index (κ3) is 2.57. The molecule has 3 rings (SSSR count). The van der Waals surface area contributed by atoms with Gasteiger partial charge in [-0.05, 0) is 54.4 Å². The summed E-state index contributed by atoms with van der Waals surface area (Å²) in [5.41, 5.74) is 4.56. The van der Waals surface area contributed by atoms with E-state index in [4.69, 9.17) is 0 Å². The van der Waals surface area contributed by atoms with Crippen LogP contribution in [0, 0.1) is 6.92 Å². The number of benzene rings is 1. The van der Waals surface area contributed by atoms with Crippen LogP contribution in [0.25, 0.3) is 10.1 Å². The molecule has 4 heteroatoms. The molecule has 2 heterocycles. The number of rotatable bonds is 4. The minimum absolute atomic E-state index is 0.150. The molecule has 0 radical (unpaired) electrons. The number of hydrogen-bond acceptors (Lipinski definition) is 4. The lowest BCUT2D eigenvalue weighted by Gasteiger charge is -2.20. The van der Waals surface area contributed by atoms with Crippen molar-refractivity contribution in [3.05, 3.63) is 58.2 Å². The first-order valence-corrected chi connectivity index (χ1v) is 8.09. The Labute approximate surface area is 129 Å². The molecule has 0 aliphatic heterocycles. The van der Waals surface area contributed by atoms with Crippen molar-refractivity contribution in [2.75, 3.05) is 7.05 Å². The molecule has 1 aromatic carbocycles. The second-order valence-corrected chi connectivity index (χ2v) is 6.07. The topological polar surface area (TPSA) is 37.8 Å². The van der Waals surface area contributed by atoms with Crippen molar-refractivity contribution in [2.45, 2.75) is 26.3 Å². The second kappa shape index (κ2) is 5.92. The maximum atomic E-state index is 4.37. The van der Waals surface area contributed by atoms with Gasteiger partial charge < -0.3 is 5.32 Å². The van der Waals surface area contributed by atoms with Gasteiger partial charge in [0.1, 0.15) is 0 Å². The molecule has 0 aliphatic rings.